The molecule has 1 aliphatic rings. The van der Waals surface area contributed by atoms with Gasteiger partial charge in [0.05, 0.1) is 6.61 Å². The zero-order chi connectivity index (χ0) is 15.1. The lowest BCUT2D eigenvalue weighted by Crippen LogP contribution is -2.39. The highest BCUT2D eigenvalue weighted by Gasteiger charge is 2.22. The number of hydrogen-bond donors (Lipinski definition) is 1. The van der Waals surface area contributed by atoms with Gasteiger partial charge in [-0.15, -0.1) is 0 Å². The van der Waals surface area contributed by atoms with Gasteiger partial charge in [-0.3, -0.25) is 0 Å². The fraction of sp³-hybridized carbons (Fsp3) is 0.467. The molecule has 0 radical (unpaired) electrons. The fourth-order valence-electron chi connectivity index (χ4n) is 2.24. The van der Waals surface area contributed by atoms with Crippen LogP contribution in [0.15, 0.2) is 30.3 Å². The van der Waals surface area contributed by atoms with Gasteiger partial charge in [0.1, 0.15) is 0 Å². The van der Waals surface area contributed by atoms with Crippen LogP contribution in [0.5, 0.6) is 0 Å². The van der Waals surface area contributed by atoms with Gasteiger partial charge in [-0.2, -0.15) is 0 Å². The standard InChI is InChI=1S/C15H21N3O3/c1-2-21-15(20)18-10-6-9-17(11-12-18)14(19)16-13-7-4-3-5-8-13/h3-5,7-8H,2,6,9-12H2,1H3,(H,16,19). The second-order valence-electron chi connectivity index (χ2n) is 4.82. The molecule has 0 aliphatic carbocycles. The molecule has 0 spiro atoms. The van der Waals surface area contributed by atoms with E-state index in [-0.39, 0.29) is 12.1 Å². The minimum absolute atomic E-state index is 0.132. The molecule has 6 heteroatoms. The Kier molecular flexibility index (Phi) is 5.43. The summed E-state index contributed by atoms with van der Waals surface area (Å²) in [4.78, 5) is 27.3. The number of benzene rings is 1. The largest absolute Gasteiger partial charge is 0.450 e. The van der Waals surface area contributed by atoms with Crippen LogP contribution in [0.1, 0.15) is 13.3 Å². The topological polar surface area (TPSA) is 61.9 Å². The van der Waals surface area contributed by atoms with Gasteiger partial charge < -0.3 is 19.9 Å². The van der Waals surface area contributed by atoms with Crippen LogP contribution in [0.4, 0.5) is 15.3 Å². The number of amides is 3. The van der Waals surface area contributed by atoms with Gasteiger partial charge in [-0.1, -0.05) is 18.2 Å². The Labute approximate surface area is 124 Å². The molecule has 1 heterocycles. The molecular weight excluding hydrogens is 270 g/mol. The van der Waals surface area contributed by atoms with E-state index in [2.05, 4.69) is 5.32 Å². The molecule has 6 nitrogen and oxygen atoms in total. The molecule has 114 valence electrons. The average Bonchev–Trinajstić information content (AvgIpc) is 2.74. The Morgan fingerprint density at radius 2 is 1.76 bits per heavy atom. The van der Waals surface area contributed by atoms with Crippen molar-refractivity contribution in [2.75, 3.05) is 38.1 Å². The first-order valence-electron chi connectivity index (χ1n) is 7.23. The molecule has 1 fully saturated rings. The van der Waals surface area contributed by atoms with Crippen LogP contribution in [0.25, 0.3) is 0 Å². The summed E-state index contributed by atoms with van der Waals surface area (Å²) < 4.78 is 5.00. The molecule has 2 rings (SSSR count). The molecule has 3 amide bonds. The van der Waals surface area contributed by atoms with Gasteiger partial charge >= 0.3 is 12.1 Å². The maximum atomic E-state index is 12.2. The number of ether oxygens (including phenoxy) is 1. The third-order valence-electron chi connectivity index (χ3n) is 3.33. The highest BCUT2D eigenvalue weighted by molar-refractivity contribution is 5.89. The molecule has 1 aliphatic heterocycles. The first kappa shape index (κ1) is 15.2. The maximum absolute atomic E-state index is 12.2. The molecule has 0 bridgehead atoms. The van der Waals surface area contributed by atoms with Crippen molar-refractivity contribution in [1.29, 1.82) is 0 Å². The van der Waals surface area contributed by atoms with Crippen molar-refractivity contribution in [2.24, 2.45) is 0 Å². The van der Waals surface area contributed by atoms with E-state index in [9.17, 15) is 9.59 Å². The molecule has 0 atom stereocenters. The Hall–Kier alpha value is -2.24. The van der Waals surface area contributed by atoms with E-state index < -0.39 is 0 Å². The number of carbonyl (C=O) groups is 2. The van der Waals surface area contributed by atoms with Crippen LogP contribution < -0.4 is 5.32 Å². The number of urea groups is 1. The molecule has 0 saturated carbocycles. The summed E-state index contributed by atoms with van der Waals surface area (Å²) in [5, 5.41) is 2.86. The summed E-state index contributed by atoms with van der Waals surface area (Å²) in [6.07, 6.45) is 0.448. The summed E-state index contributed by atoms with van der Waals surface area (Å²) in [5.41, 5.74) is 0.772. The number of carbonyl (C=O) groups excluding carboxylic acids is 2. The molecular formula is C15H21N3O3. The summed E-state index contributed by atoms with van der Waals surface area (Å²) in [7, 11) is 0. The smallest absolute Gasteiger partial charge is 0.409 e. The van der Waals surface area contributed by atoms with E-state index in [0.29, 0.717) is 32.8 Å². The number of hydrogen-bond acceptors (Lipinski definition) is 3. The van der Waals surface area contributed by atoms with Crippen LogP contribution in [0.2, 0.25) is 0 Å². The molecule has 1 aromatic carbocycles. The molecule has 0 unspecified atom stereocenters. The Morgan fingerprint density at radius 1 is 1.10 bits per heavy atom. The van der Waals surface area contributed by atoms with E-state index in [1.54, 1.807) is 16.7 Å². The van der Waals surface area contributed by atoms with Gasteiger partial charge in [0.2, 0.25) is 0 Å². The second-order valence-corrected chi connectivity index (χ2v) is 4.82. The molecule has 1 saturated heterocycles. The van der Waals surface area contributed by atoms with Crippen molar-refractivity contribution in [3.05, 3.63) is 30.3 Å². The normalized spacial score (nSPS) is 15.3. The van der Waals surface area contributed by atoms with Gasteiger partial charge in [0.25, 0.3) is 0 Å². The monoisotopic (exact) mass is 291 g/mol. The number of rotatable bonds is 2. The van der Waals surface area contributed by atoms with Crippen LogP contribution in [-0.4, -0.2) is 54.7 Å². The number of nitrogens with one attached hydrogen (secondary N) is 1. The van der Waals surface area contributed by atoms with Gasteiger partial charge in [-0.25, -0.2) is 9.59 Å². The Balaban J connectivity index is 1.87. The first-order chi connectivity index (χ1) is 10.2. The highest BCUT2D eigenvalue weighted by Crippen LogP contribution is 2.09. The second kappa shape index (κ2) is 7.52. The first-order valence-corrected chi connectivity index (χ1v) is 7.23. The predicted octanol–water partition coefficient (Wildman–Crippen LogP) is 2.38. The summed E-state index contributed by atoms with van der Waals surface area (Å²) >= 11 is 0. The Bertz CT molecular complexity index is 478. The molecule has 1 N–H and O–H groups in total. The average molecular weight is 291 g/mol. The van der Waals surface area contributed by atoms with E-state index in [4.69, 9.17) is 4.74 Å². The quantitative estimate of drug-likeness (QED) is 0.910. The fourth-order valence-corrected chi connectivity index (χ4v) is 2.24. The van der Waals surface area contributed by atoms with Crippen molar-refractivity contribution >= 4 is 17.8 Å². The van der Waals surface area contributed by atoms with E-state index in [0.717, 1.165) is 12.1 Å². The van der Waals surface area contributed by atoms with Crippen LogP contribution in [0.3, 0.4) is 0 Å². The minimum atomic E-state index is -0.303. The third kappa shape index (κ3) is 4.37. The van der Waals surface area contributed by atoms with Crippen LogP contribution in [0, 0.1) is 0 Å². The number of anilines is 1. The minimum Gasteiger partial charge on any atom is -0.450 e. The van der Waals surface area contributed by atoms with E-state index >= 15 is 0 Å². The maximum Gasteiger partial charge on any atom is 0.409 e. The van der Waals surface area contributed by atoms with Crippen molar-refractivity contribution in [3.63, 3.8) is 0 Å². The van der Waals surface area contributed by atoms with Crippen molar-refractivity contribution < 1.29 is 14.3 Å². The predicted molar refractivity (Wildman–Crippen MR) is 80.2 cm³/mol. The molecule has 1 aromatic rings. The zero-order valence-corrected chi connectivity index (χ0v) is 12.2. The molecule has 21 heavy (non-hydrogen) atoms. The van der Waals surface area contributed by atoms with E-state index in [1.165, 1.54) is 0 Å². The van der Waals surface area contributed by atoms with Gasteiger partial charge in [-0.05, 0) is 25.5 Å². The number of para-hydroxylation sites is 1. The highest BCUT2D eigenvalue weighted by atomic mass is 16.6. The summed E-state index contributed by atoms with van der Waals surface area (Å²) in [6.45, 7) is 4.42. The van der Waals surface area contributed by atoms with Crippen LogP contribution >= 0.6 is 0 Å². The SMILES string of the molecule is CCOC(=O)N1CCCN(C(=O)Nc2ccccc2)CC1. The lowest BCUT2D eigenvalue weighted by atomic mass is 10.3. The van der Waals surface area contributed by atoms with Gasteiger partial charge in [0.15, 0.2) is 0 Å². The van der Waals surface area contributed by atoms with E-state index in [1.807, 2.05) is 30.3 Å². The summed E-state index contributed by atoms with van der Waals surface area (Å²) in [6, 6.07) is 9.22. The molecule has 0 aromatic heterocycles. The lowest BCUT2D eigenvalue weighted by Gasteiger charge is -2.22. The van der Waals surface area contributed by atoms with Crippen molar-refractivity contribution in [1.82, 2.24) is 9.80 Å². The van der Waals surface area contributed by atoms with Crippen LogP contribution in [-0.2, 0) is 4.74 Å². The van der Waals surface area contributed by atoms with Crippen molar-refractivity contribution in [3.8, 4) is 0 Å². The van der Waals surface area contributed by atoms with Crippen molar-refractivity contribution in [2.45, 2.75) is 13.3 Å². The summed E-state index contributed by atoms with van der Waals surface area (Å²) in [5.74, 6) is 0. The Morgan fingerprint density at radius 3 is 2.48 bits per heavy atom. The lowest BCUT2D eigenvalue weighted by molar-refractivity contribution is 0.109. The third-order valence-corrected chi connectivity index (χ3v) is 3.33. The number of nitrogens with zero attached hydrogens (tertiary/aromatic N) is 2. The zero-order valence-electron chi connectivity index (χ0n) is 12.2. The van der Waals surface area contributed by atoms with Gasteiger partial charge in [0, 0.05) is 31.9 Å².